The van der Waals surface area contributed by atoms with E-state index in [-0.39, 0.29) is 0 Å². The number of nitrogens with zero attached hydrogens (tertiary/aromatic N) is 1. The molecule has 0 aliphatic rings. The summed E-state index contributed by atoms with van der Waals surface area (Å²) >= 11 is 3.22. The molecule has 19 heavy (non-hydrogen) atoms. The molecular formula is C13H14BrFN2O2. The Hall–Kier alpha value is -1.56. The van der Waals surface area contributed by atoms with Crippen LogP contribution in [0, 0.1) is 5.82 Å². The van der Waals surface area contributed by atoms with Crippen LogP contribution in [0.15, 0.2) is 22.8 Å². The monoisotopic (exact) mass is 328 g/mol. The van der Waals surface area contributed by atoms with Crippen molar-refractivity contribution in [2.24, 2.45) is 0 Å². The molecule has 0 saturated carbocycles. The van der Waals surface area contributed by atoms with Gasteiger partial charge in [0.15, 0.2) is 0 Å². The Kier molecular flexibility index (Phi) is 3.30. The molecule has 2 rings (SSSR count). The second-order valence-corrected chi connectivity index (χ2v) is 6.19. The third kappa shape index (κ3) is 2.45. The summed E-state index contributed by atoms with van der Waals surface area (Å²) < 4.78 is 14.4. The van der Waals surface area contributed by atoms with Crippen molar-refractivity contribution in [2.45, 2.75) is 26.3 Å². The minimum atomic E-state index is -1.08. The third-order valence-electron chi connectivity index (χ3n) is 2.79. The minimum Gasteiger partial charge on any atom is -0.465 e. The number of amides is 1. The lowest BCUT2D eigenvalue weighted by molar-refractivity contribution is 0.196. The van der Waals surface area contributed by atoms with Crippen molar-refractivity contribution in [1.82, 2.24) is 4.98 Å². The van der Waals surface area contributed by atoms with Gasteiger partial charge in [0.1, 0.15) is 5.82 Å². The zero-order valence-corrected chi connectivity index (χ0v) is 12.4. The van der Waals surface area contributed by atoms with Crippen LogP contribution < -0.4 is 4.90 Å². The maximum Gasteiger partial charge on any atom is 0.412 e. The van der Waals surface area contributed by atoms with E-state index in [1.54, 1.807) is 26.8 Å². The SMILES string of the molecule is CC(C)(C)N(C(=O)O)c1c[nH]c2c(F)cc(Br)cc12. The molecule has 0 aliphatic heterocycles. The average molecular weight is 329 g/mol. The van der Waals surface area contributed by atoms with Crippen molar-refractivity contribution in [1.29, 1.82) is 0 Å². The molecule has 1 amide bonds. The highest BCUT2D eigenvalue weighted by molar-refractivity contribution is 9.10. The number of carboxylic acid groups (broad SMARTS) is 1. The Morgan fingerprint density at radius 1 is 1.42 bits per heavy atom. The smallest absolute Gasteiger partial charge is 0.412 e. The Morgan fingerprint density at radius 2 is 2.05 bits per heavy atom. The van der Waals surface area contributed by atoms with Gasteiger partial charge in [0.25, 0.3) is 0 Å². The van der Waals surface area contributed by atoms with Crippen LogP contribution in [0.25, 0.3) is 10.9 Å². The van der Waals surface area contributed by atoms with Gasteiger partial charge < -0.3 is 10.1 Å². The number of hydrogen-bond donors (Lipinski definition) is 2. The molecule has 0 radical (unpaired) electrons. The lowest BCUT2D eigenvalue weighted by atomic mass is 10.1. The van der Waals surface area contributed by atoms with Gasteiger partial charge in [-0.1, -0.05) is 15.9 Å². The number of anilines is 1. The normalized spacial score (nSPS) is 11.8. The van der Waals surface area contributed by atoms with Crippen molar-refractivity contribution in [3.8, 4) is 0 Å². The summed E-state index contributed by atoms with van der Waals surface area (Å²) in [6.45, 7) is 5.36. The van der Waals surface area contributed by atoms with E-state index >= 15 is 0 Å². The number of nitrogens with one attached hydrogen (secondary N) is 1. The lowest BCUT2D eigenvalue weighted by Gasteiger charge is -2.32. The molecule has 0 aliphatic carbocycles. The number of hydrogen-bond acceptors (Lipinski definition) is 1. The number of aromatic amines is 1. The van der Waals surface area contributed by atoms with Gasteiger partial charge >= 0.3 is 6.09 Å². The van der Waals surface area contributed by atoms with Crippen molar-refractivity contribution in [3.63, 3.8) is 0 Å². The summed E-state index contributed by atoms with van der Waals surface area (Å²) in [5.74, 6) is -0.421. The number of H-pyrrole nitrogens is 1. The molecule has 2 N–H and O–H groups in total. The Labute approximate surface area is 118 Å². The predicted molar refractivity (Wildman–Crippen MR) is 76.2 cm³/mol. The van der Waals surface area contributed by atoms with Crippen molar-refractivity contribution in [2.75, 3.05) is 4.90 Å². The van der Waals surface area contributed by atoms with Crippen LogP contribution in [-0.4, -0.2) is 21.7 Å². The van der Waals surface area contributed by atoms with E-state index in [4.69, 9.17) is 0 Å². The molecule has 0 unspecified atom stereocenters. The first-order valence-electron chi connectivity index (χ1n) is 5.71. The summed E-state index contributed by atoms with van der Waals surface area (Å²) in [6, 6.07) is 3.04. The zero-order valence-electron chi connectivity index (χ0n) is 10.8. The fourth-order valence-electron chi connectivity index (χ4n) is 2.08. The maximum absolute atomic E-state index is 13.8. The summed E-state index contributed by atoms with van der Waals surface area (Å²) in [4.78, 5) is 15.5. The molecular weight excluding hydrogens is 315 g/mol. The van der Waals surface area contributed by atoms with Crippen LogP contribution in [-0.2, 0) is 0 Å². The standard InChI is InChI=1S/C13H14BrFN2O2/c1-13(2,3)17(12(18)19)10-6-16-11-8(10)4-7(14)5-9(11)15/h4-6,16H,1-3H3,(H,18,19). The maximum atomic E-state index is 13.8. The minimum absolute atomic E-state index is 0.300. The van der Waals surface area contributed by atoms with Crippen LogP contribution in [0.5, 0.6) is 0 Å². The summed E-state index contributed by atoms with van der Waals surface area (Å²) in [5.41, 5.74) is 0.114. The van der Waals surface area contributed by atoms with Gasteiger partial charge in [-0.05, 0) is 32.9 Å². The van der Waals surface area contributed by atoms with E-state index in [2.05, 4.69) is 20.9 Å². The van der Waals surface area contributed by atoms with Gasteiger partial charge in [-0.3, -0.25) is 4.90 Å². The number of carbonyl (C=O) groups is 1. The molecule has 0 atom stereocenters. The van der Waals surface area contributed by atoms with Crippen LogP contribution in [0.2, 0.25) is 0 Å². The summed E-state index contributed by atoms with van der Waals surface area (Å²) in [7, 11) is 0. The summed E-state index contributed by atoms with van der Waals surface area (Å²) in [5, 5.41) is 9.92. The predicted octanol–water partition coefficient (Wildman–Crippen LogP) is 4.35. The van der Waals surface area contributed by atoms with Gasteiger partial charge in [-0.25, -0.2) is 9.18 Å². The highest BCUT2D eigenvalue weighted by atomic mass is 79.9. The molecule has 6 heteroatoms. The van der Waals surface area contributed by atoms with Crippen LogP contribution in [0.3, 0.4) is 0 Å². The third-order valence-corrected chi connectivity index (χ3v) is 3.25. The highest BCUT2D eigenvalue weighted by Gasteiger charge is 2.30. The fourth-order valence-corrected chi connectivity index (χ4v) is 2.51. The second kappa shape index (κ2) is 4.52. The van der Waals surface area contributed by atoms with Crippen molar-refractivity contribution in [3.05, 3.63) is 28.6 Å². The topological polar surface area (TPSA) is 56.3 Å². The number of benzene rings is 1. The molecule has 0 fully saturated rings. The van der Waals surface area contributed by atoms with Gasteiger partial charge in [-0.2, -0.15) is 0 Å². The molecule has 1 aromatic carbocycles. The number of aromatic nitrogens is 1. The first-order valence-corrected chi connectivity index (χ1v) is 6.50. The Morgan fingerprint density at radius 3 is 2.58 bits per heavy atom. The Bertz CT molecular complexity index is 646. The first kappa shape index (κ1) is 13.9. The number of rotatable bonds is 1. The van der Waals surface area contributed by atoms with E-state index in [0.29, 0.717) is 21.1 Å². The van der Waals surface area contributed by atoms with E-state index in [1.807, 2.05) is 0 Å². The quantitative estimate of drug-likeness (QED) is 0.817. The van der Waals surface area contributed by atoms with Gasteiger partial charge in [0.2, 0.25) is 0 Å². The fraction of sp³-hybridized carbons (Fsp3) is 0.308. The number of halogens is 2. The Balaban J connectivity index is 2.71. The van der Waals surface area contributed by atoms with Crippen LogP contribution in [0.4, 0.5) is 14.9 Å². The van der Waals surface area contributed by atoms with Crippen LogP contribution >= 0.6 is 15.9 Å². The van der Waals surface area contributed by atoms with Crippen molar-refractivity contribution < 1.29 is 14.3 Å². The number of fused-ring (bicyclic) bond motifs is 1. The molecule has 4 nitrogen and oxygen atoms in total. The van der Waals surface area contributed by atoms with Crippen LogP contribution in [0.1, 0.15) is 20.8 Å². The molecule has 1 aromatic heterocycles. The molecule has 1 heterocycles. The summed E-state index contributed by atoms with van der Waals surface area (Å²) in [6.07, 6.45) is 0.438. The second-order valence-electron chi connectivity index (χ2n) is 5.27. The van der Waals surface area contributed by atoms with E-state index in [9.17, 15) is 14.3 Å². The van der Waals surface area contributed by atoms with E-state index < -0.39 is 17.4 Å². The largest absolute Gasteiger partial charge is 0.465 e. The van der Waals surface area contributed by atoms with E-state index in [1.165, 1.54) is 17.2 Å². The van der Waals surface area contributed by atoms with Crippen molar-refractivity contribution >= 4 is 38.6 Å². The lowest BCUT2D eigenvalue weighted by Crippen LogP contribution is -2.45. The van der Waals surface area contributed by atoms with E-state index in [0.717, 1.165) is 0 Å². The van der Waals surface area contributed by atoms with Gasteiger partial charge in [0, 0.05) is 21.6 Å². The van der Waals surface area contributed by atoms with Gasteiger partial charge in [0.05, 0.1) is 11.2 Å². The highest BCUT2D eigenvalue weighted by Crippen LogP contribution is 2.34. The molecule has 0 saturated heterocycles. The molecule has 0 spiro atoms. The molecule has 102 valence electrons. The molecule has 0 bridgehead atoms. The molecule has 2 aromatic rings. The van der Waals surface area contributed by atoms with Gasteiger partial charge in [-0.15, -0.1) is 0 Å². The first-order chi connectivity index (χ1) is 8.71. The average Bonchev–Trinajstić information content (AvgIpc) is 2.59. The zero-order chi connectivity index (χ0) is 14.4.